The highest BCUT2D eigenvalue weighted by Gasteiger charge is 2.34. The number of halogens is 2. The lowest BCUT2D eigenvalue weighted by atomic mass is 10.1. The minimum Gasteiger partial charge on any atom is -0.495 e. The zero-order valence-corrected chi connectivity index (χ0v) is 26.1. The molecule has 0 saturated heterocycles. The molecule has 1 atom stereocenters. The Kier molecular flexibility index (Phi) is 11.1. The van der Waals surface area contributed by atoms with Crippen LogP contribution in [0.25, 0.3) is 0 Å². The van der Waals surface area contributed by atoms with Gasteiger partial charge in [0.15, 0.2) is 0 Å². The van der Waals surface area contributed by atoms with Crippen molar-refractivity contribution in [3.05, 3.63) is 87.9 Å². The molecule has 0 unspecified atom stereocenters. The average Bonchev–Trinajstić information content (AvgIpc) is 2.93. The standard InChI is InChI=1S/C30H35Cl2N3O5S/c1-20(2)17-33-30(37)22(4)34(18-23-8-6-7-9-26(23)32)29(36)19-35(27-16-24(31)12-15-28(27)40-5)41(38,39)25-13-10-21(3)11-14-25/h6-16,20,22H,17-19H2,1-5H3,(H,33,37)/t22-/m0/s1. The number of amides is 2. The molecule has 3 aromatic carbocycles. The first-order valence-electron chi connectivity index (χ1n) is 13.1. The second kappa shape index (κ2) is 14.1. The third kappa shape index (κ3) is 8.15. The molecule has 0 aliphatic carbocycles. The van der Waals surface area contributed by atoms with Gasteiger partial charge in [0, 0.05) is 23.1 Å². The molecule has 8 nitrogen and oxygen atoms in total. The topological polar surface area (TPSA) is 96.0 Å². The number of carbonyl (C=O) groups is 2. The molecule has 1 N–H and O–H groups in total. The van der Waals surface area contributed by atoms with Gasteiger partial charge in [0.1, 0.15) is 18.3 Å². The van der Waals surface area contributed by atoms with E-state index in [9.17, 15) is 18.0 Å². The van der Waals surface area contributed by atoms with Gasteiger partial charge in [-0.1, -0.05) is 72.9 Å². The van der Waals surface area contributed by atoms with Gasteiger partial charge in [0.05, 0.1) is 17.7 Å². The van der Waals surface area contributed by atoms with Crippen LogP contribution in [0.5, 0.6) is 5.75 Å². The largest absolute Gasteiger partial charge is 0.495 e. The van der Waals surface area contributed by atoms with Crippen molar-refractivity contribution in [1.29, 1.82) is 0 Å². The van der Waals surface area contributed by atoms with E-state index in [1.54, 1.807) is 49.4 Å². The SMILES string of the molecule is COc1ccc(Cl)cc1N(CC(=O)N(Cc1ccccc1Cl)[C@@H](C)C(=O)NCC(C)C)S(=O)(=O)c1ccc(C)cc1. The van der Waals surface area contributed by atoms with Crippen LogP contribution in [0.2, 0.25) is 10.0 Å². The first kappa shape index (κ1) is 32.2. The van der Waals surface area contributed by atoms with Crippen molar-refractivity contribution in [3.63, 3.8) is 0 Å². The molecule has 2 amide bonds. The van der Waals surface area contributed by atoms with Crippen LogP contribution in [-0.2, 0) is 26.2 Å². The summed E-state index contributed by atoms with van der Waals surface area (Å²) in [6.07, 6.45) is 0. The van der Waals surface area contributed by atoms with E-state index in [2.05, 4.69) is 5.32 Å². The third-order valence-corrected chi connectivity index (χ3v) is 8.83. The highest BCUT2D eigenvalue weighted by molar-refractivity contribution is 7.92. The van der Waals surface area contributed by atoms with Gasteiger partial charge in [-0.15, -0.1) is 0 Å². The summed E-state index contributed by atoms with van der Waals surface area (Å²) >= 11 is 12.7. The molecular weight excluding hydrogens is 585 g/mol. The molecule has 0 heterocycles. The Hall–Kier alpha value is -3.27. The van der Waals surface area contributed by atoms with E-state index in [-0.39, 0.29) is 39.7 Å². The smallest absolute Gasteiger partial charge is 0.264 e. The van der Waals surface area contributed by atoms with Gasteiger partial charge in [0.2, 0.25) is 11.8 Å². The van der Waals surface area contributed by atoms with Crippen molar-refractivity contribution < 1.29 is 22.7 Å². The number of nitrogens with zero attached hydrogens (tertiary/aromatic N) is 2. The van der Waals surface area contributed by atoms with Crippen LogP contribution in [0.3, 0.4) is 0 Å². The fraction of sp³-hybridized carbons (Fsp3) is 0.333. The van der Waals surface area contributed by atoms with Crippen LogP contribution in [0, 0.1) is 12.8 Å². The average molecular weight is 621 g/mol. The zero-order chi connectivity index (χ0) is 30.3. The summed E-state index contributed by atoms with van der Waals surface area (Å²) in [5.74, 6) is -0.579. The van der Waals surface area contributed by atoms with Gasteiger partial charge in [-0.05, 0) is 61.7 Å². The Morgan fingerprint density at radius 1 is 0.976 bits per heavy atom. The molecule has 0 aliphatic rings. The second-order valence-electron chi connectivity index (χ2n) is 10.1. The highest BCUT2D eigenvalue weighted by atomic mass is 35.5. The van der Waals surface area contributed by atoms with E-state index in [4.69, 9.17) is 27.9 Å². The summed E-state index contributed by atoms with van der Waals surface area (Å²) in [6, 6.07) is 16.9. The molecule has 0 radical (unpaired) electrons. The second-order valence-corrected chi connectivity index (χ2v) is 12.8. The van der Waals surface area contributed by atoms with Gasteiger partial charge in [-0.3, -0.25) is 13.9 Å². The van der Waals surface area contributed by atoms with Crippen molar-refractivity contribution in [2.24, 2.45) is 5.92 Å². The predicted octanol–water partition coefficient (Wildman–Crippen LogP) is 5.70. The van der Waals surface area contributed by atoms with Crippen molar-refractivity contribution >= 4 is 50.7 Å². The Labute approximate surface area is 252 Å². The normalized spacial score (nSPS) is 12.1. The Morgan fingerprint density at radius 2 is 1.63 bits per heavy atom. The molecule has 0 spiro atoms. The number of aryl methyl sites for hydroxylation is 1. The molecular formula is C30H35Cl2N3O5S. The van der Waals surface area contributed by atoms with Gasteiger partial charge < -0.3 is 15.0 Å². The fourth-order valence-electron chi connectivity index (χ4n) is 4.05. The van der Waals surface area contributed by atoms with E-state index in [0.717, 1.165) is 9.87 Å². The van der Waals surface area contributed by atoms with Crippen LogP contribution in [0.4, 0.5) is 5.69 Å². The number of benzene rings is 3. The number of hydrogen-bond acceptors (Lipinski definition) is 5. The Morgan fingerprint density at radius 3 is 2.24 bits per heavy atom. The summed E-state index contributed by atoms with van der Waals surface area (Å²) in [5, 5.41) is 3.53. The summed E-state index contributed by atoms with van der Waals surface area (Å²) in [7, 11) is -2.88. The van der Waals surface area contributed by atoms with Crippen LogP contribution in [0.15, 0.2) is 71.6 Å². The van der Waals surface area contributed by atoms with Gasteiger partial charge in [-0.25, -0.2) is 8.42 Å². The molecule has 0 aromatic heterocycles. The summed E-state index contributed by atoms with van der Waals surface area (Å²) < 4.78 is 34.5. The summed E-state index contributed by atoms with van der Waals surface area (Å²) in [5.41, 5.74) is 1.57. The molecule has 3 rings (SSSR count). The fourth-order valence-corrected chi connectivity index (χ4v) is 5.83. The lowest BCUT2D eigenvalue weighted by Gasteiger charge is -2.32. The zero-order valence-electron chi connectivity index (χ0n) is 23.7. The number of carbonyl (C=O) groups excluding carboxylic acids is 2. The van der Waals surface area contributed by atoms with E-state index >= 15 is 0 Å². The lowest BCUT2D eigenvalue weighted by Crippen LogP contribution is -2.51. The minimum atomic E-state index is -4.28. The first-order chi connectivity index (χ1) is 19.3. The molecule has 0 aliphatic heterocycles. The van der Waals surface area contributed by atoms with Gasteiger partial charge in [-0.2, -0.15) is 0 Å². The molecule has 220 valence electrons. The van der Waals surface area contributed by atoms with Crippen LogP contribution >= 0.6 is 23.2 Å². The maximum atomic E-state index is 14.1. The number of methoxy groups -OCH3 is 1. The van der Waals surface area contributed by atoms with E-state index in [0.29, 0.717) is 17.1 Å². The van der Waals surface area contributed by atoms with Gasteiger partial charge in [0.25, 0.3) is 10.0 Å². The first-order valence-corrected chi connectivity index (χ1v) is 15.3. The van der Waals surface area contributed by atoms with E-state index in [1.165, 1.54) is 36.3 Å². The van der Waals surface area contributed by atoms with Crippen molar-refractivity contribution in [1.82, 2.24) is 10.2 Å². The number of rotatable bonds is 12. The monoisotopic (exact) mass is 619 g/mol. The third-order valence-electron chi connectivity index (χ3n) is 6.45. The molecule has 11 heteroatoms. The van der Waals surface area contributed by atoms with E-state index < -0.39 is 28.5 Å². The maximum Gasteiger partial charge on any atom is 0.264 e. The Balaban J connectivity index is 2.09. The van der Waals surface area contributed by atoms with Crippen LogP contribution in [-0.4, -0.2) is 51.4 Å². The Bertz CT molecular complexity index is 1480. The van der Waals surface area contributed by atoms with Crippen LogP contribution < -0.4 is 14.4 Å². The molecule has 0 saturated carbocycles. The quantitative estimate of drug-likeness (QED) is 0.281. The molecule has 0 bridgehead atoms. The highest BCUT2D eigenvalue weighted by Crippen LogP contribution is 2.35. The van der Waals surface area contributed by atoms with Crippen LogP contribution in [0.1, 0.15) is 31.9 Å². The maximum absolute atomic E-state index is 14.1. The van der Waals surface area contributed by atoms with Gasteiger partial charge >= 0.3 is 0 Å². The molecule has 41 heavy (non-hydrogen) atoms. The number of anilines is 1. The summed E-state index contributed by atoms with van der Waals surface area (Å²) in [4.78, 5) is 28.5. The minimum absolute atomic E-state index is 0.0140. The molecule has 3 aromatic rings. The predicted molar refractivity (Wildman–Crippen MR) is 163 cm³/mol. The number of ether oxygens (including phenoxy) is 1. The van der Waals surface area contributed by atoms with Crippen molar-refractivity contribution in [2.45, 2.75) is 45.2 Å². The van der Waals surface area contributed by atoms with E-state index in [1.807, 2.05) is 20.8 Å². The summed E-state index contributed by atoms with van der Waals surface area (Å²) in [6.45, 7) is 7.15. The number of nitrogens with one attached hydrogen (secondary N) is 1. The van der Waals surface area contributed by atoms with Crippen molar-refractivity contribution in [2.75, 3.05) is 24.5 Å². The number of hydrogen-bond donors (Lipinski definition) is 1. The van der Waals surface area contributed by atoms with Crippen molar-refractivity contribution in [3.8, 4) is 5.75 Å². The lowest BCUT2D eigenvalue weighted by molar-refractivity contribution is -0.139. The molecule has 0 fully saturated rings. The number of sulfonamides is 1.